The summed E-state index contributed by atoms with van der Waals surface area (Å²) in [4.78, 5) is 11.5. The van der Waals surface area contributed by atoms with E-state index in [-0.39, 0.29) is 6.61 Å². The summed E-state index contributed by atoms with van der Waals surface area (Å²) in [6.45, 7) is 5.60. The summed E-state index contributed by atoms with van der Waals surface area (Å²) in [7, 11) is 0. The van der Waals surface area contributed by atoms with Crippen LogP contribution in [0.4, 0.5) is 5.69 Å². The van der Waals surface area contributed by atoms with Crippen LogP contribution in [-0.4, -0.2) is 12.6 Å². The summed E-state index contributed by atoms with van der Waals surface area (Å²) in [6.07, 6.45) is 0. The molecule has 0 saturated carbocycles. The van der Waals surface area contributed by atoms with Gasteiger partial charge in [-0.1, -0.05) is 18.2 Å². The predicted molar refractivity (Wildman–Crippen MR) is 61.0 cm³/mol. The van der Waals surface area contributed by atoms with E-state index >= 15 is 0 Å². The molecule has 0 fully saturated rings. The van der Waals surface area contributed by atoms with Crippen LogP contribution in [0.2, 0.25) is 5.02 Å². The number of hydrogen-bond acceptors (Lipinski definition) is 3. The number of rotatable bonds is 3. The van der Waals surface area contributed by atoms with Crippen molar-refractivity contribution in [1.29, 1.82) is 0 Å². The fourth-order valence-corrected chi connectivity index (χ4v) is 1.17. The summed E-state index contributed by atoms with van der Waals surface area (Å²) in [5.41, 5.74) is 7.03. The van der Waals surface area contributed by atoms with Gasteiger partial charge in [-0.3, -0.25) is 0 Å². The van der Waals surface area contributed by atoms with E-state index in [0.717, 1.165) is 5.57 Å². The molecule has 4 heteroatoms. The maximum absolute atomic E-state index is 11.5. The molecule has 80 valence electrons. The lowest BCUT2D eigenvalue weighted by Crippen LogP contribution is -2.09. The molecule has 0 heterocycles. The molecule has 2 N–H and O–H groups in total. The van der Waals surface area contributed by atoms with Crippen LogP contribution in [0.5, 0.6) is 0 Å². The van der Waals surface area contributed by atoms with E-state index in [9.17, 15) is 4.79 Å². The highest BCUT2D eigenvalue weighted by molar-refractivity contribution is 6.31. The van der Waals surface area contributed by atoms with Gasteiger partial charge in [-0.2, -0.15) is 0 Å². The average Bonchev–Trinajstić information content (AvgIpc) is 2.14. The van der Waals surface area contributed by atoms with Crippen LogP contribution in [0.1, 0.15) is 17.3 Å². The molecule has 0 atom stereocenters. The van der Waals surface area contributed by atoms with E-state index in [0.29, 0.717) is 16.3 Å². The highest BCUT2D eigenvalue weighted by Crippen LogP contribution is 2.18. The molecule has 1 aromatic carbocycles. The molecule has 0 aliphatic carbocycles. The van der Waals surface area contributed by atoms with Gasteiger partial charge in [0, 0.05) is 10.7 Å². The number of anilines is 1. The van der Waals surface area contributed by atoms with Gasteiger partial charge in [0.15, 0.2) is 0 Å². The summed E-state index contributed by atoms with van der Waals surface area (Å²) in [5.74, 6) is -0.466. The van der Waals surface area contributed by atoms with Gasteiger partial charge in [-0.15, -0.1) is 0 Å². The minimum atomic E-state index is -0.466. The first-order valence-electron chi connectivity index (χ1n) is 4.37. The second-order valence-corrected chi connectivity index (χ2v) is 3.70. The molecular formula is C11H12ClNO2. The standard InChI is InChI=1S/C11H12ClNO2/c1-7(2)6-15-11(14)9-4-3-8(12)5-10(9)13/h3-5H,1,6,13H2,2H3. The first-order valence-corrected chi connectivity index (χ1v) is 4.75. The van der Waals surface area contributed by atoms with Gasteiger partial charge in [-0.05, 0) is 30.7 Å². The molecule has 0 radical (unpaired) electrons. The Balaban J connectivity index is 2.78. The first kappa shape index (κ1) is 11.6. The van der Waals surface area contributed by atoms with Gasteiger partial charge in [0.2, 0.25) is 0 Å². The summed E-state index contributed by atoms with van der Waals surface area (Å²) >= 11 is 5.70. The molecule has 0 aliphatic heterocycles. The van der Waals surface area contributed by atoms with E-state index in [1.54, 1.807) is 19.1 Å². The molecule has 15 heavy (non-hydrogen) atoms. The molecular weight excluding hydrogens is 214 g/mol. The Bertz CT molecular complexity index is 402. The second kappa shape index (κ2) is 4.84. The van der Waals surface area contributed by atoms with Gasteiger partial charge in [0.25, 0.3) is 0 Å². The van der Waals surface area contributed by atoms with E-state index < -0.39 is 5.97 Å². The number of esters is 1. The van der Waals surface area contributed by atoms with Crippen molar-refractivity contribution in [3.63, 3.8) is 0 Å². The van der Waals surface area contributed by atoms with Crippen molar-refractivity contribution in [3.05, 3.63) is 40.9 Å². The van der Waals surface area contributed by atoms with Gasteiger partial charge < -0.3 is 10.5 Å². The maximum Gasteiger partial charge on any atom is 0.340 e. The van der Waals surface area contributed by atoms with Gasteiger partial charge >= 0.3 is 5.97 Å². The van der Waals surface area contributed by atoms with Crippen LogP contribution in [0, 0.1) is 0 Å². The molecule has 0 spiro atoms. The summed E-state index contributed by atoms with van der Waals surface area (Å²) in [6, 6.07) is 4.65. The molecule has 1 rings (SSSR count). The zero-order valence-corrected chi connectivity index (χ0v) is 9.17. The highest BCUT2D eigenvalue weighted by atomic mass is 35.5. The Labute approximate surface area is 93.5 Å². The van der Waals surface area contributed by atoms with Crippen LogP contribution >= 0.6 is 11.6 Å². The largest absolute Gasteiger partial charge is 0.458 e. The van der Waals surface area contributed by atoms with E-state index in [2.05, 4.69) is 6.58 Å². The van der Waals surface area contributed by atoms with Crippen molar-refractivity contribution in [2.75, 3.05) is 12.3 Å². The zero-order valence-electron chi connectivity index (χ0n) is 8.42. The third-order valence-corrected chi connectivity index (χ3v) is 1.92. The Morgan fingerprint density at radius 3 is 2.80 bits per heavy atom. The monoisotopic (exact) mass is 225 g/mol. The van der Waals surface area contributed by atoms with Crippen LogP contribution < -0.4 is 5.73 Å². The second-order valence-electron chi connectivity index (χ2n) is 3.26. The molecule has 0 aliphatic rings. The number of benzene rings is 1. The van der Waals surface area contributed by atoms with Gasteiger partial charge in [-0.25, -0.2) is 4.79 Å². The minimum absolute atomic E-state index is 0.195. The summed E-state index contributed by atoms with van der Waals surface area (Å²) < 4.78 is 4.95. The van der Waals surface area contributed by atoms with Crippen LogP contribution in [0.15, 0.2) is 30.4 Å². The lowest BCUT2D eigenvalue weighted by molar-refractivity contribution is 0.0541. The van der Waals surface area contributed by atoms with Gasteiger partial charge in [0.05, 0.1) is 5.56 Å². The third-order valence-electron chi connectivity index (χ3n) is 1.68. The number of carbonyl (C=O) groups excluding carboxylic acids is 1. The Morgan fingerprint density at radius 1 is 1.60 bits per heavy atom. The minimum Gasteiger partial charge on any atom is -0.458 e. The smallest absolute Gasteiger partial charge is 0.340 e. The van der Waals surface area contributed by atoms with Crippen molar-refractivity contribution < 1.29 is 9.53 Å². The van der Waals surface area contributed by atoms with Crippen molar-refractivity contribution in [3.8, 4) is 0 Å². The van der Waals surface area contributed by atoms with Crippen LogP contribution in [0.3, 0.4) is 0 Å². The van der Waals surface area contributed by atoms with Crippen molar-refractivity contribution in [1.82, 2.24) is 0 Å². The molecule has 3 nitrogen and oxygen atoms in total. The Morgan fingerprint density at radius 2 is 2.27 bits per heavy atom. The lowest BCUT2D eigenvalue weighted by Gasteiger charge is -2.06. The Hall–Kier alpha value is -1.48. The number of nitrogens with two attached hydrogens (primary N) is 1. The number of halogens is 1. The average molecular weight is 226 g/mol. The van der Waals surface area contributed by atoms with Crippen molar-refractivity contribution in [2.45, 2.75) is 6.92 Å². The molecule has 1 aromatic rings. The number of carbonyl (C=O) groups is 1. The SMILES string of the molecule is C=C(C)COC(=O)c1ccc(Cl)cc1N. The number of ether oxygens (including phenoxy) is 1. The van der Waals surface area contributed by atoms with Crippen LogP contribution in [-0.2, 0) is 4.74 Å². The van der Waals surface area contributed by atoms with Crippen molar-refractivity contribution >= 4 is 23.3 Å². The van der Waals surface area contributed by atoms with E-state index in [1.807, 2.05) is 0 Å². The molecule has 0 saturated heterocycles. The fourth-order valence-electron chi connectivity index (χ4n) is 0.986. The quantitative estimate of drug-likeness (QED) is 0.489. The lowest BCUT2D eigenvalue weighted by atomic mass is 10.2. The van der Waals surface area contributed by atoms with E-state index in [1.165, 1.54) is 6.07 Å². The number of hydrogen-bond donors (Lipinski definition) is 1. The zero-order chi connectivity index (χ0) is 11.4. The molecule has 0 bridgehead atoms. The predicted octanol–water partition coefficient (Wildman–Crippen LogP) is 2.66. The maximum atomic E-state index is 11.5. The summed E-state index contributed by atoms with van der Waals surface area (Å²) in [5, 5.41) is 0.490. The third kappa shape index (κ3) is 3.29. The normalized spacial score (nSPS) is 9.73. The Kier molecular flexibility index (Phi) is 3.74. The topological polar surface area (TPSA) is 52.3 Å². The van der Waals surface area contributed by atoms with Crippen LogP contribution in [0.25, 0.3) is 0 Å². The first-order chi connectivity index (χ1) is 7.00. The molecule has 0 unspecified atom stereocenters. The van der Waals surface area contributed by atoms with Crippen molar-refractivity contribution in [2.24, 2.45) is 0 Å². The fraction of sp³-hybridized carbons (Fsp3) is 0.182. The molecule has 0 amide bonds. The van der Waals surface area contributed by atoms with E-state index in [4.69, 9.17) is 22.1 Å². The molecule has 0 aromatic heterocycles. The highest BCUT2D eigenvalue weighted by Gasteiger charge is 2.10. The number of nitrogen functional groups attached to an aromatic ring is 1. The van der Waals surface area contributed by atoms with Gasteiger partial charge in [0.1, 0.15) is 6.61 Å².